The highest BCUT2D eigenvalue weighted by molar-refractivity contribution is 5.83. The molecule has 0 saturated heterocycles. The molecule has 3 nitrogen and oxygen atoms in total. The molecule has 0 radical (unpaired) electrons. The smallest absolute Gasteiger partial charge is 0.137 e. The number of hydrogen-bond donors (Lipinski definition) is 1. The zero-order chi connectivity index (χ0) is 13.2. The van der Waals surface area contributed by atoms with E-state index in [1.165, 1.54) is 0 Å². The Morgan fingerprint density at radius 1 is 1.11 bits per heavy atom. The molecule has 19 heavy (non-hydrogen) atoms. The van der Waals surface area contributed by atoms with Gasteiger partial charge in [-0.2, -0.15) is 0 Å². The van der Waals surface area contributed by atoms with Crippen molar-refractivity contribution < 1.29 is 14.3 Å². The van der Waals surface area contributed by atoms with Crippen molar-refractivity contribution in [3.8, 4) is 11.5 Å². The van der Waals surface area contributed by atoms with Crippen molar-refractivity contribution in [1.82, 2.24) is 0 Å². The van der Waals surface area contributed by atoms with Crippen molar-refractivity contribution in [1.29, 1.82) is 0 Å². The fourth-order valence-corrected chi connectivity index (χ4v) is 2.07. The van der Waals surface area contributed by atoms with Gasteiger partial charge < -0.3 is 14.3 Å². The highest BCUT2D eigenvalue weighted by Crippen LogP contribution is 2.25. The Kier molecular flexibility index (Phi) is 2.88. The molecule has 3 rings (SSSR count). The zero-order valence-electron chi connectivity index (χ0n) is 10.6. The Labute approximate surface area is 111 Å². The Bertz CT molecular complexity index is 696. The van der Waals surface area contributed by atoms with E-state index in [2.05, 4.69) is 0 Å². The second-order valence-electron chi connectivity index (χ2n) is 4.50. The minimum absolute atomic E-state index is 0.233. The van der Waals surface area contributed by atoms with Crippen LogP contribution in [0, 0.1) is 6.92 Å². The summed E-state index contributed by atoms with van der Waals surface area (Å²) in [5.74, 6) is 0.955. The van der Waals surface area contributed by atoms with Gasteiger partial charge in [0, 0.05) is 10.9 Å². The number of fused-ring (bicyclic) bond motifs is 1. The molecule has 1 N–H and O–H groups in total. The first-order valence-corrected chi connectivity index (χ1v) is 6.11. The molecule has 0 aliphatic rings. The number of para-hydroxylation sites is 1. The van der Waals surface area contributed by atoms with E-state index in [1.54, 1.807) is 30.5 Å². The number of phenolic OH excluding ortho intramolecular Hbond substituents is 1. The largest absolute Gasteiger partial charge is 0.508 e. The minimum Gasteiger partial charge on any atom is -0.508 e. The van der Waals surface area contributed by atoms with Crippen LogP contribution in [0.2, 0.25) is 0 Å². The van der Waals surface area contributed by atoms with Crippen molar-refractivity contribution in [2.45, 2.75) is 13.5 Å². The zero-order valence-corrected chi connectivity index (χ0v) is 10.6. The predicted molar refractivity (Wildman–Crippen MR) is 73.4 cm³/mol. The van der Waals surface area contributed by atoms with Gasteiger partial charge in [0.1, 0.15) is 23.7 Å². The van der Waals surface area contributed by atoms with Crippen molar-refractivity contribution in [3.05, 3.63) is 59.9 Å². The topological polar surface area (TPSA) is 42.6 Å². The summed E-state index contributed by atoms with van der Waals surface area (Å²) >= 11 is 0. The maximum absolute atomic E-state index is 9.21. The molecule has 0 aliphatic carbocycles. The number of aromatic hydroxyl groups is 1. The summed E-state index contributed by atoms with van der Waals surface area (Å²) in [5, 5.41) is 10.3. The number of hydrogen-bond acceptors (Lipinski definition) is 3. The van der Waals surface area contributed by atoms with Crippen LogP contribution in [0.1, 0.15) is 11.1 Å². The van der Waals surface area contributed by atoms with Gasteiger partial charge in [0.05, 0.1) is 6.26 Å². The normalized spacial score (nSPS) is 10.8. The van der Waals surface area contributed by atoms with Crippen LogP contribution in [0.3, 0.4) is 0 Å². The summed E-state index contributed by atoms with van der Waals surface area (Å²) in [7, 11) is 0. The predicted octanol–water partition coefficient (Wildman–Crippen LogP) is 4.03. The van der Waals surface area contributed by atoms with Crippen molar-refractivity contribution in [2.24, 2.45) is 0 Å². The van der Waals surface area contributed by atoms with Gasteiger partial charge in [0.15, 0.2) is 0 Å². The third kappa shape index (κ3) is 2.27. The van der Waals surface area contributed by atoms with E-state index in [4.69, 9.17) is 9.15 Å². The number of benzene rings is 2. The first kappa shape index (κ1) is 11.7. The van der Waals surface area contributed by atoms with Crippen LogP contribution >= 0.6 is 0 Å². The molecule has 1 aromatic heterocycles. The van der Waals surface area contributed by atoms with Gasteiger partial charge in [-0.05, 0) is 36.8 Å². The van der Waals surface area contributed by atoms with E-state index in [1.807, 2.05) is 25.1 Å². The van der Waals surface area contributed by atoms with E-state index in [0.29, 0.717) is 6.61 Å². The number of ether oxygens (including phenoxy) is 1. The highest BCUT2D eigenvalue weighted by Gasteiger charge is 2.08. The van der Waals surface area contributed by atoms with Gasteiger partial charge in [-0.15, -0.1) is 0 Å². The Hall–Kier alpha value is -2.42. The average molecular weight is 254 g/mol. The van der Waals surface area contributed by atoms with Crippen LogP contribution in [0.25, 0.3) is 11.0 Å². The molecular formula is C16H14O3. The summed E-state index contributed by atoms with van der Waals surface area (Å²) in [6.07, 6.45) is 1.73. The van der Waals surface area contributed by atoms with Crippen LogP contribution in [-0.4, -0.2) is 5.11 Å². The van der Waals surface area contributed by atoms with Gasteiger partial charge >= 0.3 is 0 Å². The summed E-state index contributed by atoms with van der Waals surface area (Å²) < 4.78 is 11.2. The fraction of sp³-hybridized carbons (Fsp3) is 0.125. The molecule has 96 valence electrons. The van der Waals surface area contributed by atoms with Crippen molar-refractivity contribution >= 4 is 11.0 Å². The quantitative estimate of drug-likeness (QED) is 0.767. The second-order valence-corrected chi connectivity index (χ2v) is 4.50. The van der Waals surface area contributed by atoms with Gasteiger partial charge in [0.2, 0.25) is 0 Å². The maximum Gasteiger partial charge on any atom is 0.137 e. The first-order valence-electron chi connectivity index (χ1n) is 6.11. The number of rotatable bonds is 3. The third-order valence-electron chi connectivity index (χ3n) is 3.11. The monoisotopic (exact) mass is 254 g/mol. The Morgan fingerprint density at radius 3 is 2.68 bits per heavy atom. The van der Waals surface area contributed by atoms with Crippen molar-refractivity contribution in [3.63, 3.8) is 0 Å². The lowest BCUT2D eigenvalue weighted by molar-refractivity contribution is 0.305. The SMILES string of the molecule is Cc1cccc2c(COc3ccc(O)cc3)coc12. The lowest BCUT2D eigenvalue weighted by Crippen LogP contribution is -1.93. The molecule has 0 atom stereocenters. The molecule has 0 saturated carbocycles. The molecule has 1 heterocycles. The van der Waals surface area contributed by atoms with Gasteiger partial charge in [-0.3, -0.25) is 0 Å². The number of furan rings is 1. The summed E-state index contributed by atoms with van der Waals surface area (Å²) in [4.78, 5) is 0. The van der Waals surface area contributed by atoms with Gasteiger partial charge in [-0.25, -0.2) is 0 Å². The molecule has 0 fully saturated rings. The molecule has 0 aliphatic heterocycles. The van der Waals surface area contributed by atoms with E-state index in [0.717, 1.165) is 27.8 Å². The lowest BCUT2D eigenvalue weighted by Gasteiger charge is -2.04. The number of aryl methyl sites for hydroxylation is 1. The van der Waals surface area contributed by atoms with Crippen LogP contribution in [0.4, 0.5) is 0 Å². The fourth-order valence-electron chi connectivity index (χ4n) is 2.07. The minimum atomic E-state index is 0.233. The van der Waals surface area contributed by atoms with E-state index < -0.39 is 0 Å². The Morgan fingerprint density at radius 2 is 1.89 bits per heavy atom. The van der Waals surface area contributed by atoms with Crippen LogP contribution < -0.4 is 4.74 Å². The lowest BCUT2D eigenvalue weighted by atomic mass is 10.1. The molecule has 3 aromatic rings. The molecule has 3 heteroatoms. The Balaban J connectivity index is 1.82. The molecule has 0 spiro atoms. The molecule has 2 aromatic carbocycles. The summed E-state index contributed by atoms with van der Waals surface area (Å²) in [5.41, 5.74) is 3.05. The first-order chi connectivity index (χ1) is 9.24. The van der Waals surface area contributed by atoms with Crippen molar-refractivity contribution in [2.75, 3.05) is 0 Å². The van der Waals surface area contributed by atoms with Crippen LogP contribution in [0.5, 0.6) is 11.5 Å². The van der Waals surface area contributed by atoms with Crippen LogP contribution in [0.15, 0.2) is 53.1 Å². The highest BCUT2D eigenvalue weighted by atomic mass is 16.5. The maximum atomic E-state index is 9.21. The number of phenols is 1. The van der Waals surface area contributed by atoms with Crippen LogP contribution in [-0.2, 0) is 6.61 Å². The van der Waals surface area contributed by atoms with E-state index in [9.17, 15) is 5.11 Å². The molecule has 0 bridgehead atoms. The standard InChI is InChI=1S/C16H14O3/c1-11-3-2-4-15-12(10-19-16(11)15)9-18-14-7-5-13(17)6-8-14/h2-8,10,17H,9H2,1H3. The molecule has 0 amide bonds. The summed E-state index contributed by atoms with van der Waals surface area (Å²) in [6, 6.07) is 12.8. The van der Waals surface area contributed by atoms with Gasteiger partial charge in [-0.1, -0.05) is 18.2 Å². The van der Waals surface area contributed by atoms with E-state index >= 15 is 0 Å². The van der Waals surface area contributed by atoms with Gasteiger partial charge in [0.25, 0.3) is 0 Å². The summed E-state index contributed by atoms with van der Waals surface area (Å²) in [6.45, 7) is 2.47. The second kappa shape index (κ2) is 4.69. The molecule has 0 unspecified atom stereocenters. The third-order valence-corrected chi connectivity index (χ3v) is 3.11. The van der Waals surface area contributed by atoms with E-state index in [-0.39, 0.29) is 5.75 Å². The molecular weight excluding hydrogens is 240 g/mol. The average Bonchev–Trinajstić information content (AvgIpc) is 2.83.